The summed E-state index contributed by atoms with van der Waals surface area (Å²) in [7, 11) is 0. The van der Waals surface area contributed by atoms with E-state index in [0.29, 0.717) is 32.2 Å². The summed E-state index contributed by atoms with van der Waals surface area (Å²) in [5, 5.41) is 14.5. The second kappa shape index (κ2) is 15.9. The van der Waals surface area contributed by atoms with Crippen LogP contribution in [-0.2, 0) is 32.0 Å². The number of carbonyl (C=O) groups excluding carboxylic acids is 3. The van der Waals surface area contributed by atoms with Crippen LogP contribution in [0.2, 0.25) is 0 Å². The Kier molecular flexibility index (Phi) is 12.4. The zero-order valence-corrected chi connectivity index (χ0v) is 23.5. The van der Waals surface area contributed by atoms with Gasteiger partial charge in [0.05, 0.1) is 12.0 Å². The number of hydrogen-bond acceptors (Lipinski definition) is 6. The second-order valence-electron chi connectivity index (χ2n) is 10.2. The van der Waals surface area contributed by atoms with E-state index in [1.807, 2.05) is 72.8 Å². The fraction of sp³-hybridized carbons (Fsp3) is 0.375. The molecular formula is C32H38N2O5S. The van der Waals surface area contributed by atoms with Crippen molar-refractivity contribution in [2.45, 2.75) is 51.0 Å². The first-order chi connectivity index (χ1) is 19.3. The number of amides is 1. The smallest absolute Gasteiger partial charge is 0.306 e. The number of nitrogens with two attached hydrogens (primary N) is 1. The number of carboxylic acids is 1. The maximum absolute atomic E-state index is 13.4. The molecule has 0 aliphatic rings. The van der Waals surface area contributed by atoms with Gasteiger partial charge in [-0.25, -0.2) is 0 Å². The van der Waals surface area contributed by atoms with Crippen LogP contribution in [0.5, 0.6) is 0 Å². The van der Waals surface area contributed by atoms with Gasteiger partial charge in [0, 0.05) is 30.9 Å². The minimum absolute atomic E-state index is 0.0118. The largest absolute Gasteiger partial charge is 0.481 e. The molecule has 2 unspecified atom stereocenters. The Balaban J connectivity index is 1.69. The van der Waals surface area contributed by atoms with Gasteiger partial charge in [0.2, 0.25) is 5.91 Å². The summed E-state index contributed by atoms with van der Waals surface area (Å²) < 4.78 is 0. The summed E-state index contributed by atoms with van der Waals surface area (Å²) in [5.74, 6) is -3.43. The highest BCUT2D eigenvalue weighted by molar-refractivity contribution is 7.80. The van der Waals surface area contributed by atoms with Crippen molar-refractivity contribution in [3.8, 4) is 0 Å². The van der Waals surface area contributed by atoms with Crippen molar-refractivity contribution in [2.75, 3.05) is 12.3 Å². The van der Waals surface area contributed by atoms with E-state index in [0.717, 1.165) is 21.9 Å². The van der Waals surface area contributed by atoms with Crippen LogP contribution in [-0.4, -0.2) is 46.9 Å². The third-order valence-electron chi connectivity index (χ3n) is 7.08. The lowest BCUT2D eigenvalue weighted by atomic mass is 9.90. The molecule has 0 aromatic heterocycles. The highest BCUT2D eigenvalue weighted by atomic mass is 32.1. The normalized spacial score (nSPS) is 13.3. The van der Waals surface area contributed by atoms with Gasteiger partial charge in [-0.2, -0.15) is 12.6 Å². The molecule has 212 valence electrons. The summed E-state index contributed by atoms with van der Waals surface area (Å²) >= 11 is 4.26. The summed E-state index contributed by atoms with van der Waals surface area (Å²) in [6.07, 6.45) is 1.97. The Morgan fingerprint density at radius 3 is 2.20 bits per heavy atom. The first-order valence-electron chi connectivity index (χ1n) is 13.7. The molecule has 0 fully saturated rings. The van der Waals surface area contributed by atoms with Gasteiger partial charge in [-0.15, -0.1) is 0 Å². The minimum atomic E-state index is -1.05. The zero-order chi connectivity index (χ0) is 28.9. The SMILES string of the molecule is NCCCCC(CC(=O)[C@H](CS)NC(=O)C(CC(=O)Cc1ccc2ccccc2c1)Cc1ccccc1)C(=O)O. The Hall–Kier alpha value is -3.49. The standard InChI is InChI=1S/C32H38N2O5S/c33-15-7-6-12-26(32(38)39)20-30(36)29(21-40)34-31(37)27(16-22-8-2-1-3-9-22)19-28(35)18-23-13-14-24-10-4-5-11-25(24)17-23/h1-5,8-11,13-14,17,26-27,29,40H,6-7,12,15-16,18-21,33H2,(H,34,37)(H,38,39)/t26?,27?,29-/m0/s1. The van der Waals surface area contributed by atoms with Crippen molar-refractivity contribution in [3.05, 3.63) is 83.9 Å². The zero-order valence-electron chi connectivity index (χ0n) is 22.6. The summed E-state index contributed by atoms with van der Waals surface area (Å²) in [6, 6.07) is 22.3. The summed E-state index contributed by atoms with van der Waals surface area (Å²) in [4.78, 5) is 51.3. The molecule has 3 aromatic rings. The molecule has 3 atom stereocenters. The quantitative estimate of drug-likeness (QED) is 0.143. The highest BCUT2D eigenvalue weighted by Crippen LogP contribution is 2.20. The van der Waals surface area contributed by atoms with Crippen molar-refractivity contribution in [3.63, 3.8) is 0 Å². The third-order valence-corrected chi connectivity index (χ3v) is 7.44. The van der Waals surface area contributed by atoms with Crippen LogP contribution >= 0.6 is 12.6 Å². The molecule has 3 rings (SSSR count). The number of unbranched alkanes of at least 4 members (excludes halogenated alkanes) is 1. The molecule has 3 aromatic carbocycles. The van der Waals surface area contributed by atoms with Crippen molar-refractivity contribution < 1.29 is 24.3 Å². The molecule has 4 N–H and O–H groups in total. The number of Topliss-reactive ketones (excluding diaryl/α,β-unsaturated/α-hetero) is 2. The predicted molar refractivity (Wildman–Crippen MR) is 160 cm³/mol. The van der Waals surface area contributed by atoms with Gasteiger partial charge in [0.25, 0.3) is 0 Å². The van der Waals surface area contributed by atoms with E-state index >= 15 is 0 Å². The maximum Gasteiger partial charge on any atom is 0.306 e. The molecule has 1 amide bonds. The maximum atomic E-state index is 13.4. The van der Waals surface area contributed by atoms with E-state index < -0.39 is 29.8 Å². The Morgan fingerprint density at radius 1 is 0.825 bits per heavy atom. The average molecular weight is 563 g/mol. The molecule has 40 heavy (non-hydrogen) atoms. The molecule has 0 saturated heterocycles. The van der Waals surface area contributed by atoms with Gasteiger partial charge in [0.1, 0.15) is 5.78 Å². The summed E-state index contributed by atoms with van der Waals surface area (Å²) in [6.45, 7) is 0.456. The second-order valence-corrected chi connectivity index (χ2v) is 10.6. The number of ketones is 2. The van der Waals surface area contributed by atoms with E-state index in [1.54, 1.807) is 0 Å². The number of thiol groups is 1. The average Bonchev–Trinajstić information content (AvgIpc) is 2.95. The van der Waals surface area contributed by atoms with Crippen LogP contribution in [0.15, 0.2) is 72.8 Å². The van der Waals surface area contributed by atoms with Crippen LogP contribution in [0.4, 0.5) is 0 Å². The molecule has 0 bridgehead atoms. The van der Waals surface area contributed by atoms with E-state index in [4.69, 9.17) is 5.73 Å². The molecule has 0 aliphatic heterocycles. The van der Waals surface area contributed by atoms with E-state index in [2.05, 4.69) is 17.9 Å². The van der Waals surface area contributed by atoms with Gasteiger partial charge >= 0.3 is 5.97 Å². The lowest BCUT2D eigenvalue weighted by Gasteiger charge is -2.22. The number of aliphatic carboxylic acids is 1. The van der Waals surface area contributed by atoms with E-state index in [1.165, 1.54) is 0 Å². The fourth-order valence-corrected chi connectivity index (χ4v) is 5.13. The number of nitrogens with one attached hydrogen (secondary N) is 1. The molecule has 0 aliphatic carbocycles. The lowest BCUT2D eigenvalue weighted by Crippen LogP contribution is -2.46. The highest BCUT2D eigenvalue weighted by Gasteiger charge is 2.29. The van der Waals surface area contributed by atoms with Crippen molar-refractivity contribution in [1.29, 1.82) is 0 Å². The van der Waals surface area contributed by atoms with Crippen LogP contribution in [0.1, 0.15) is 43.2 Å². The molecule has 0 spiro atoms. The van der Waals surface area contributed by atoms with E-state index in [-0.39, 0.29) is 36.6 Å². The number of fused-ring (bicyclic) bond motifs is 1. The molecule has 8 heteroatoms. The first kappa shape index (κ1) is 31.0. The number of hydrogen-bond donors (Lipinski definition) is 4. The lowest BCUT2D eigenvalue weighted by molar-refractivity contribution is -0.144. The molecule has 0 heterocycles. The number of rotatable bonds is 17. The molecular weight excluding hydrogens is 524 g/mol. The van der Waals surface area contributed by atoms with E-state index in [9.17, 15) is 24.3 Å². The van der Waals surface area contributed by atoms with Gasteiger partial charge in [0.15, 0.2) is 5.78 Å². The van der Waals surface area contributed by atoms with Gasteiger partial charge in [-0.3, -0.25) is 19.2 Å². The van der Waals surface area contributed by atoms with Gasteiger partial charge in [-0.05, 0) is 47.7 Å². The molecule has 0 radical (unpaired) electrons. The topological polar surface area (TPSA) is 127 Å². The third kappa shape index (κ3) is 9.61. The molecule has 7 nitrogen and oxygen atoms in total. The van der Waals surface area contributed by atoms with Crippen LogP contribution in [0.25, 0.3) is 10.8 Å². The number of carboxylic acid groups (broad SMARTS) is 1. The van der Waals surface area contributed by atoms with Crippen molar-refractivity contribution >= 4 is 46.8 Å². The van der Waals surface area contributed by atoms with Crippen LogP contribution < -0.4 is 11.1 Å². The molecule has 0 saturated carbocycles. The van der Waals surface area contributed by atoms with Crippen LogP contribution in [0, 0.1) is 11.8 Å². The van der Waals surface area contributed by atoms with Gasteiger partial charge in [-0.1, -0.05) is 79.2 Å². The Bertz CT molecular complexity index is 1300. The number of carbonyl (C=O) groups is 4. The van der Waals surface area contributed by atoms with Gasteiger partial charge < -0.3 is 16.2 Å². The van der Waals surface area contributed by atoms with Crippen LogP contribution in [0.3, 0.4) is 0 Å². The Labute approximate surface area is 240 Å². The predicted octanol–water partition coefficient (Wildman–Crippen LogP) is 4.40. The number of benzene rings is 3. The summed E-state index contributed by atoms with van der Waals surface area (Å²) in [5.41, 5.74) is 7.28. The van der Waals surface area contributed by atoms with Crippen molar-refractivity contribution in [2.24, 2.45) is 17.6 Å². The Morgan fingerprint density at radius 2 is 1.52 bits per heavy atom. The monoisotopic (exact) mass is 562 g/mol. The minimum Gasteiger partial charge on any atom is -0.481 e. The first-order valence-corrected chi connectivity index (χ1v) is 14.3. The fourth-order valence-electron chi connectivity index (χ4n) is 4.83. The van der Waals surface area contributed by atoms with Crippen molar-refractivity contribution in [1.82, 2.24) is 5.32 Å².